The van der Waals surface area contributed by atoms with E-state index < -0.39 is 92.6 Å². The third-order valence-corrected chi connectivity index (χ3v) is 16.5. The average molecular weight is 859 g/mol. The largest absolute Gasteiger partial charge is 0.396 e. The molecule has 7 rings (SSSR count). The van der Waals surface area contributed by atoms with Gasteiger partial charge in [-0.1, -0.05) is 32.4 Å². The summed E-state index contributed by atoms with van der Waals surface area (Å²) in [6.07, 6.45) is -8.72. The normalized spacial score (nSPS) is 49.1. The first kappa shape index (κ1) is 47.1. The van der Waals surface area contributed by atoms with Crippen molar-refractivity contribution in [1.29, 1.82) is 0 Å². The van der Waals surface area contributed by atoms with Crippen molar-refractivity contribution in [1.82, 2.24) is 0 Å². The molecule has 0 aromatic heterocycles. The highest BCUT2D eigenvalue weighted by molar-refractivity contribution is 5.26. The van der Waals surface area contributed by atoms with Crippen LogP contribution >= 0.6 is 0 Å². The minimum absolute atomic E-state index is 0.0222. The van der Waals surface area contributed by atoms with E-state index in [0.29, 0.717) is 48.5 Å². The molecule has 9 N–H and O–H groups in total. The van der Waals surface area contributed by atoms with Gasteiger partial charge in [0.1, 0.15) is 54.9 Å². The lowest BCUT2D eigenvalue weighted by atomic mass is 9.47. The summed E-state index contributed by atoms with van der Waals surface area (Å²) in [6.45, 7) is 9.54. The molecule has 0 aromatic rings. The standard InChI is InChI=1S/C44H74O16/c1-20(18-45)7-9-24-16-29-30(56-24)17-28-26-10-8-23-15-25(11-13-43(23,4)27(26)12-14-44(28,29)5)57-42-39(59-40(53)35(50)32(47)21(2)54-6)37(52)38(31(19-46)58-42)60-41-36(51)34(49)33(48)22(3)55-41/h8,20-22,24-42,45-53H,7,9-19H2,1-6H3/t20-,21?,22?,24?,25?,26?,27+,28?,29?,30?,31?,32?,33?,34?,35?,36?,37?,38?,39?,40?,41?,42?,43?,44?/m1/s1. The summed E-state index contributed by atoms with van der Waals surface area (Å²) >= 11 is 0. The molecule has 3 heterocycles. The zero-order valence-corrected chi connectivity index (χ0v) is 36.1. The van der Waals surface area contributed by atoms with Gasteiger partial charge in [0, 0.05) is 13.7 Å². The van der Waals surface area contributed by atoms with Gasteiger partial charge in [-0.2, -0.15) is 0 Å². The van der Waals surface area contributed by atoms with Gasteiger partial charge in [0.25, 0.3) is 0 Å². The molecule has 7 aliphatic rings. The first-order chi connectivity index (χ1) is 28.4. The van der Waals surface area contributed by atoms with Crippen molar-refractivity contribution in [2.75, 3.05) is 20.3 Å². The fourth-order valence-electron chi connectivity index (χ4n) is 12.5. The van der Waals surface area contributed by atoms with E-state index in [0.717, 1.165) is 44.9 Å². The van der Waals surface area contributed by atoms with Gasteiger partial charge in [-0.05, 0) is 118 Å². The Hall–Kier alpha value is -0.900. The SMILES string of the molecule is COC(C)C(O)C(O)C(O)OC1C(OC2CCC3(C)C(=CCC4C5CC6OC(CC[C@@H](C)CO)CC6C5(C)CC[C@@H]43)C2)OC(CO)C(OC2OC(C)C(O)C(O)C2O)C1O. The molecule has 22 unspecified atom stereocenters. The molecule has 0 aromatic carbocycles. The molecule has 3 aliphatic heterocycles. The third-order valence-electron chi connectivity index (χ3n) is 16.5. The van der Waals surface area contributed by atoms with E-state index in [1.54, 1.807) is 0 Å². The number of aliphatic hydroxyl groups excluding tert-OH is 9. The van der Waals surface area contributed by atoms with Crippen LogP contribution in [0.5, 0.6) is 0 Å². The minimum atomic E-state index is -2.06. The fourth-order valence-corrected chi connectivity index (χ4v) is 12.5. The highest BCUT2D eigenvalue weighted by atomic mass is 16.8. The van der Waals surface area contributed by atoms with E-state index in [4.69, 9.17) is 33.2 Å². The Kier molecular flexibility index (Phi) is 14.8. The van der Waals surface area contributed by atoms with Gasteiger partial charge in [0.2, 0.25) is 0 Å². The zero-order valence-electron chi connectivity index (χ0n) is 36.1. The number of allylic oxidation sites excluding steroid dienone is 1. The summed E-state index contributed by atoms with van der Waals surface area (Å²) in [5.41, 5.74) is 1.56. The van der Waals surface area contributed by atoms with Crippen LogP contribution < -0.4 is 0 Å². The lowest BCUT2D eigenvalue weighted by molar-refractivity contribution is -0.377. The van der Waals surface area contributed by atoms with E-state index in [1.807, 2.05) is 0 Å². The summed E-state index contributed by atoms with van der Waals surface area (Å²) in [5.74, 6) is 2.55. The quantitative estimate of drug-likeness (QED) is 0.0820. The first-order valence-corrected chi connectivity index (χ1v) is 22.6. The lowest BCUT2D eigenvalue weighted by Crippen LogP contribution is -2.65. The highest BCUT2D eigenvalue weighted by Gasteiger charge is 2.63. The Morgan fingerprint density at radius 2 is 1.57 bits per heavy atom. The summed E-state index contributed by atoms with van der Waals surface area (Å²) in [7, 11) is 1.33. The van der Waals surface area contributed by atoms with Crippen molar-refractivity contribution in [3.8, 4) is 0 Å². The monoisotopic (exact) mass is 858 g/mol. The molecular formula is C44H74O16. The van der Waals surface area contributed by atoms with E-state index in [9.17, 15) is 46.0 Å². The number of aliphatic hydroxyl groups is 9. The maximum Gasteiger partial charge on any atom is 0.187 e. The number of hydrogen-bond acceptors (Lipinski definition) is 16. The van der Waals surface area contributed by atoms with Crippen molar-refractivity contribution in [3.63, 3.8) is 0 Å². The molecule has 16 nitrogen and oxygen atoms in total. The Morgan fingerprint density at radius 3 is 2.27 bits per heavy atom. The molecule has 0 spiro atoms. The second kappa shape index (κ2) is 18.9. The number of methoxy groups -OCH3 is 1. The summed E-state index contributed by atoms with van der Waals surface area (Å²) in [5, 5.41) is 95.7. The van der Waals surface area contributed by atoms with Crippen molar-refractivity contribution in [3.05, 3.63) is 11.6 Å². The van der Waals surface area contributed by atoms with Crippen molar-refractivity contribution in [2.24, 2.45) is 40.4 Å². The predicted octanol–water partition coefficient (Wildman–Crippen LogP) is 0.878. The molecule has 0 radical (unpaired) electrons. The van der Waals surface area contributed by atoms with Gasteiger partial charge >= 0.3 is 0 Å². The molecule has 3 saturated carbocycles. The predicted molar refractivity (Wildman–Crippen MR) is 213 cm³/mol. The molecule has 0 amide bonds. The van der Waals surface area contributed by atoms with Crippen LogP contribution in [0.1, 0.15) is 98.8 Å². The number of fused-ring (bicyclic) bond motifs is 7. The lowest BCUT2D eigenvalue weighted by Gasteiger charge is -2.58. The van der Waals surface area contributed by atoms with E-state index in [2.05, 4.69) is 26.8 Å². The van der Waals surface area contributed by atoms with Crippen LogP contribution in [-0.2, 0) is 33.2 Å². The molecule has 346 valence electrons. The van der Waals surface area contributed by atoms with Gasteiger partial charge in [-0.15, -0.1) is 0 Å². The molecule has 6 fully saturated rings. The van der Waals surface area contributed by atoms with E-state index >= 15 is 0 Å². The fraction of sp³-hybridized carbons (Fsp3) is 0.955. The molecule has 60 heavy (non-hydrogen) atoms. The Morgan fingerprint density at radius 1 is 0.817 bits per heavy atom. The van der Waals surface area contributed by atoms with Crippen molar-refractivity contribution < 1.29 is 79.1 Å². The van der Waals surface area contributed by atoms with Crippen LogP contribution in [0.15, 0.2) is 11.6 Å². The highest BCUT2D eigenvalue weighted by Crippen LogP contribution is 2.68. The minimum Gasteiger partial charge on any atom is -0.396 e. The van der Waals surface area contributed by atoms with E-state index in [-0.39, 0.29) is 29.6 Å². The second-order valence-corrected chi connectivity index (χ2v) is 20.0. The third kappa shape index (κ3) is 8.78. The van der Waals surface area contributed by atoms with Crippen molar-refractivity contribution in [2.45, 2.75) is 203 Å². The molecular weight excluding hydrogens is 784 g/mol. The topological polar surface area (TPSA) is 247 Å². The second-order valence-electron chi connectivity index (χ2n) is 20.0. The molecule has 3 saturated heterocycles. The van der Waals surface area contributed by atoms with E-state index in [1.165, 1.54) is 33.0 Å². The molecule has 4 aliphatic carbocycles. The van der Waals surface area contributed by atoms with Crippen LogP contribution in [0.4, 0.5) is 0 Å². The van der Waals surface area contributed by atoms with Gasteiger partial charge in [0.15, 0.2) is 18.9 Å². The number of hydrogen-bond donors (Lipinski definition) is 9. The summed E-state index contributed by atoms with van der Waals surface area (Å²) in [4.78, 5) is 0. The van der Waals surface area contributed by atoms with Gasteiger partial charge < -0.3 is 79.1 Å². The van der Waals surface area contributed by atoms with Gasteiger partial charge in [0.05, 0.1) is 37.1 Å². The van der Waals surface area contributed by atoms with Gasteiger partial charge in [-0.3, -0.25) is 0 Å². The van der Waals surface area contributed by atoms with Gasteiger partial charge in [-0.25, -0.2) is 0 Å². The maximum atomic E-state index is 11.9. The van der Waals surface area contributed by atoms with Crippen LogP contribution in [0.2, 0.25) is 0 Å². The average Bonchev–Trinajstić information content (AvgIpc) is 3.78. The molecule has 24 atom stereocenters. The zero-order chi connectivity index (χ0) is 43.4. The van der Waals surface area contributed by atoms with Crippen LogP contribution in [0.25, 0.3) is 0 Å². The van der Waals surface area contributed by atoms with Crippen molar-refractivity contribution >= 4 is 0 Å². The smallest absolute Gasteiger partial charge is 0.187 e. The van der Waals surface area contributed by atoms with Crippen LogP contribution in [0.3, 0.4) is 0 Å². The van der Waals surface area contributed by atoms with Crippen LogP contribution in [0, 0.1) is 40.4 Å². The first-order valence-electron chi connectivity index (χ1n) is 22.6. The summed E-state index contributed by atoms with van der Waals surface area (Å²) < 4.78 is 42.1. The molecule has 0 bridgehead atoms. The summed E-state index contributed by atoms with van der Waals surface area (Å²) in [6, 6.07) is 0. The number of rotatable bonds is 15. The molecule has 16 heteroatoms. The maximum absolute atomic E-state index is 11.9. The Bertz CT molecular complexity index is 1450. The van der Waals surface area contributed by atoms with Crippen LogP contribution in [-0.4, -0.2) is 171 Å². The number of ether oxygens (including phenoxy) is 7. The Balaban J connectivity index is 1.05. The Labute approximate surface area is 354 Å².